The molecule has 0 atom stereocenters. The van der Waals surface area contributed by atoms with Gasteiger partial charge in [-0.1, -0.05) is 24.2 Å². The van der Waals surface area contributed by atoms with Crippen LogP contribution in [-0.2, 0) is 0 Å². The second kappa shape index (κ2) is 3.64. The number of hydrogen-bond acceptors (Lipinski definition) is 4. The first-order chi connectivity index (χ1) is 6.29. The molecule has 1 aliphatic rings. The molecule has 1 saturated carbocycles. The Kier molecular flexibility index (Phi) is 2.51. The molecular formula is C9H14N2OS. The van der Waals surface area contributed by atoms with Gasteiger partial charge >= 0.3 is 0 Å². The van der Waals surface area contributed by atoms with Crippen LogP contribution in [0.25, 0.3) is 0 Å². The molecule has 13 heavy (non-hydrogen) atoms. The van der Waals surface area contributed by atoms with Crippen molar-refractivity contribution in [1.82, 2.24) is 4.98 Å². The highest BCUT2D eigenvalue weighted by molar-refractivity contribution is 7.11. The number of nitrogens with zero attached hydrogens (tertiary/aromatic N) is 1. The number of rotatable bonds is 3. The molecule has 1 aromatic rings. The van der Waals surface area contributed by atoms with Crippen LogP contribution in [0.15, 0.2) is 11.6 Å². The molecule has 0 amide bonds. The van der Waals surface area contributed by atoms with Crippen molar-refractivity contribution >= 4 is 11.3 Å². The minimum Gasteiger partial charge on any atom is -0.468 e. The van der Waals surface area contributed by atoms with Crippen LogP contribution >= 0.6 is 11.3 Å². The van der Waals surface area contributed by atoms with Crippen molar-refractivity contribution in [3.8, 4) is 5.19 Å². The maximum Gasteiger partial charge on any atom is 0.273 e. The molecule has 0 saturated heterocycles. The van der Waals surface area contributed by atoms with Crippen molar-refractivity contribution in [1.29, 1.82) is 0 Å². The molecule has 4 heteroatoms. The molecule has 0 unspecified atom stereocenters. The van der Waals surface area contributed by atoms with E-state index in [-0.39, 0.29) is 5.54 Å². The molecule has 0 aliphatic heterocycles. The van der Waals surface area contributed by atoms with Crippen LogP contribution in [0.2, 0.25) is 0 Å². The Morgan fingerprint density at radius 3 is 2.92 bits per heavy atom. The highest BCUT2D eigenvalue weighted by Gasteiger charge is 2.30. The molecule has 1 heterocycles. The van der Waals surface area contributed by atoms with Crippen molar-refractivity contribution in [2.75, 3.05) is 6.61 Å². The van der Waals surface area contributed by atoms with Gasteiger partial charge in [-0.2, -0.15) is 0 Å². The minimum absolute atomic E-state index is 0.0916. The Bertz CT molecular complexity index is 255. The van der Waals surface area contributed by atoms with Crippen molar-refractivity contribution < 1.29 is 4.74 Å². The van der Waals surface area contributed by atoms with Gasteiger partial charge in [-0.3, -0.25) is 0 Å². The lowest BCUT2D eigenvalue weighted by atomic mass is 10.0. The summed E-state index contributed by atoms with van der Waals surface area (Å²) in [5, 5.41) is 2.64. The molecule has 1 aliphatic carbocycles. The van der Waals surface area contributed by atoms with Gasteiger partial charge in [0.25, 0.3) is 5.19 Å². The number of hydrogen-bond donors (Lipinski definition) is 1. The first kappa shape index (κ1) is 8.97. The van der Waals surface area contributed by atoms with Crippen LogP contribution in [0.1, 0.15) is 25.7 Å². The van der Waals surface area contributed by atoms with E-state index in [0.717, 1.165) is 18.0 Å². The van der Waals surface area contributed by atoms with E-state index in [4.69, 9.17) is 10.5 Å². The van der Waals surface area contributed by atoms with Crippen LogP contribution in [0, 0.1) is 0 Å². The topological polar surface area (TPSA) is 48.1 Å². The lowest BCUT2D eigenvalue weighted by Crippen LogP contribution is -2.42. The van der Waals surface area contributed by atoms with Crippen LogP contribution < -0.4 is 10.5 Å². The van der Waals surface area contributed by atoms with Crippen molar-refractivity contribution in [3.63, 3.8) is 0 Å². The number of thiazole rings is 1. The first-order valence-electron chi connectivity index (χ1n) is 4.60. The standard InChI is InChI=1S/C9H14N2OS/c10-9(3-1-2-4-9)7-12-8-11-5-6-13-8/h5-6H,1-4,7,10H2. The van der Waals surface area contributed by atoms with E-state index in [1.165, 1.54) is 24.2 Å². The summed E-state index contributed by atoms with van der Waals surface area (Å²) >= 11 is 1.52. The molecule has 2 N–H and O–H groups in total. The minimum atomic E-state index is -0.0916. The fourth-order valence-corrected chi connectivity index (χ4v) is 2.20. The van der Waals surface area contributed by atoms with Crippen molar-refractivity contribution in [3.05, 3.63) is 11.6 Å². The molecule has 0 aromatic carbocycles. The molecule has 72 valence electrons. The fourth-order valence-electron chi connectivity index (χ4n) is 1.71. The average molecular weight is 198 g/mol. The van der Waals surface area contributed by atoms with Gasteiger partial charge in [-0.15, -0.1) is 0 Å². The zero-order valence-electron chi connectivity index (χ0n) is 7.53. The van der Waals surface area contributed by atoms with Gasteiger partial charge in [0.15, 0.2) is 0 Å². The van der Waals surface area contributed by atoms with Crippen LogP contribution in [0.3, 0.4) is 0 Å². The second-order valence-electron chi connectivity index (χ2n) is 3.66. The second-order valence-corrected chi connectivity index (χ2v) is 4.51. The van der Waals surface area contributed by atoms with Gasteiger partial charge < -0.3 is 10.5 Å². The summed E-state index contributed by atoms with van der Waals surface area (Å²) in [5.41, 5.74) is 6.04. The van der Waals surface area contributed by atoms with Gasteiger partial charge in [0.05, 0.1) is 5.54 Å². The summed E-state index contributed by atoms with van der Waals surface area (Å²) in [6.07, 6.45) is 6.38. The third kappa shape index (κ3) is 2.19. The predicted octanol–water partition coefficient (Wildman–Crippen LogP) is 1.79. The maximum atomic E-state index is 6.13. The fraction of sp³-hybridized carbons (Fsp3) is 0.667. The SMILES string of the molecule is NC1(COc2nccs2)CCCC1. The lowest BCUT2D eigenvalue weighted by Gasteiger charge is -2.22. The zero-order chi connectivity index (χ0) is 9.15. The Morgan fingerprint density at radius 2 is 2.31 bits per heavy atom. The van der Waals surface area contributed by atoms with Crippen LogP contribution in [0.4, 0.5) is 0 Å². The normalized spacial score (nSPS) is 20.4. The van der Waals surface area contributed by atoms with Crippen LogP contribution in [-0.4, -0.2) is 17.1 Å². The molecular weight excluding hydrogens is 184 g/mol. The summed E-state index contributed by atoms with van der Waals surface area (Å²) in [6.45, 7) is 0.612. The van der Waals surface area contributed by atoms with E-state index in [0.29, 0.717) is 6.61 Å². The average Bonchev–Trinajstić information content (AvgIpc) is 2.72. The number of aromatic nitrogens is 1. The third-order valence-corrected chi connectivity index (χ3v) is 3.17. The highest BCUT2D eigenvalue weighted by Crippen LogP contribution is 2.28. The van der Waals surface area contributed by atoms with Gasteiger partial charge in [0.2, 0.25) is 0 Å². The van der Waals surface area contributed by atoms with Crippen molar-refractivity contribution in [2.24, 2.45) is 5.73 Å². The Labute approximate surface area is 81.9 Å². The molecule has 0 bridgehead atoms. The Hall–Kier alpha value is -0.610. The summed E-state index contributed by atoms with van der Waals surface area (Å²) in [4.78, 5) is 4.05. The quantitative estimate of drug-likeness (QED) is 0.805. The Balaban J connectivity index is 1.85. The smallest absolute Gasteiger partial charge is 0.273 e. The van der Waals surface area contributed by atoms with Gasteiger partial charge in [0.1, 0.15) is 6.61 Å². The van der Waals surface area contributed by atoms with E-state index < -0.39 is 0 Å². The molecule has 1 fully saturated rings. The largest absolute Gasteiger partial charge is 0.468 e. The van der Waals surface area contributed by atoms with Crippen LogP contribution in [0.5, 0.6) is 5.19 Å². The third-order valence-electron chi connectivity index (χ3n) is 2.49. The molecule has 0 radical (unpaired) electrons. The molecule has 1 aromatic heterocycles. The monoisotopic (exact) mass is 198 g/mol. The highest BCUT2D eigenvalue weighted by atomic mass is 32.1. The van der Waals surface area contributed by atoms with Gasteiger partial charge in [-0.25, -0.2) is 4.98 Å². The summed E-state index contributed by atoms with van der Waals surface area (Å²) < 4.78 is 5.52. The zero-order valence-corrected chi connectivity index (χ0v) is 8.35. The van der Waals surface area contributed by atoms with Crippen molar-refractivity contribution in [2.45, 2.75) is 31.2 Å². The van der Waals surface area contributed by atoms with E-state index in [9.17, 15) is 0 Å². The summed E-state index contributed by atoms with van der Waals surface area (Å²) in [5.74, 6) is 0. The van der Waals surface area contributed by atoms with E-state index in [2.05, 4.69) is 4.98 Å². The predicted molar refractivity (Wildman–Crippen MR) is 53.0 cm³/mol. The molecule has 0 spiro atoms. The summed E-state index contributed by atoms with van der Waals surface area (Å²) in [7, 11) is 0. The Morgan fingerprint density at radius 1 is 1.54 bits per heavy atom. The lowest BCUT2D eigenvalue weighted by molar-refractivity contribution is 0.219. The summed E-state index contributed by atoms with van der Waals surface area (Å²) in [6, 6.07) is 0. The van der Waals surface area contributed by atoms with Gasteiger partial charge in [0, 0.05) is 11.6 Å². The number of nitrogens with two attached hydrogens (primary N) is 1. The van der Waals surface area contributed by atoms with Gasteiger partial charge in [-0.05, 0) is 12.8 Å². The van der Waals surface area contributed by atoms with E-state index in [1.54, 1.807) is 6.20 Å². The number of ether oxygens (including phenoxy) is 1. The molecule has 3 nitrogen and oxygen atoms in total. The van der Waals surface area contributed by atoms with E-state index >= 15 is 0 Å². The maximum absolute atomic E-state index is 6.13. The first-order valence-corrected chi connectivity index (χ1v) is 5.48. The van der Waals surface area contributed by atoms with E-state index in [1.807, 2.05) is 5.38 Å². The molecule has 2 rings (SSSR count).